The summed E-state index contributed by atoms with van der Waals surface area (Å²) in [6.45, 7) is 4.16. The smallest absolute Gasteiger partial charge is 0.124 e. The van der Waals surface area contributed by atoms with Crippen molar-refractivity contribution < 1.29 is 13.9 Å². The number of halogens is 1. The summed E-state index contributed by atoms with van der Waals surface area (Å²) < 4.78 is 23.7. The molecule has 0 aliphatic carbocycles. The van der Waals surface area contributed by atoms with E-state index in [0.717, 1.165) is 0 Å². The van der Waals surface area contributed by atoms with Crippen LogP contribution in [0.3, 0.4) is 0 Å². The van der Waals surface area contributed by atoms with Gasteiger partial charge < -0.3 is 15.2 Å². The highest BCUT2D eigenvalue weighted by molar-refractivity contribution is 5.36. The van der Waals surface area contributed by atoms with Crippen LogP contribution in [0.1, 0.15) is 25.5 Å². The molecule has 4 heteroatoms. The molecule has 16 heavy (non-hydrogen) atoms. The molecule has 1 unspecified atom stereocenters. The third-order valence-corrected chi connectivity index (χ3v) is 2.19. The zero-order valence-electron chi connectivity index (χ0n) is 9.87. The fourth-order valence-electron chi connectivity index (χ4n) is 1.47. The van der Waals surface area contributed by atoms with E-state index in [4.69, 9.17) is 15.2 Å². The molecule has 0 fully saturated rings. The molecule has 0 saturated heterocycles. The van der Waals surface area contributed by atoms with Crippen molar-refractivity contribution in [2.45, 2.75) is 26.0 Å². The Morgan fingerprint density at radius 2 is 2.06 bits per heavy atom. The average Bonchev–Trinajstić information content (AvgIpc) is 2.20. The summed E-state index contributed by atoms with van der Waals surface area (Å²) in [4.78, 5) is 0. The van der Waals surface area contributed by atoms with Gasteiger partial charge in [-0.25, -0.2) is 4.39 Å². The largest absolute Gasteiger partial charge is 0.488 e. The van der Waals surface area contributed by atoms with E-state index in [9.17, 15) is 4.39 Å². The lowest BCUT2D eigenvalue weighted by Crippen LogP contribution is -2.20. The number of rotatable bonds is 5. The first-order valence-corrected chi connectivity index (χ1v) is 5.25. The summed E-state index contributed by atoms with van der Waals surface area (Å²) in [5, 5.41) is 0. The van der Waals surface area contributed by atoms with Gasteiger partial charge >= 0.3 is 0 Å². The maximum absolute atomic E-state index is 13.1. The lowest BCUT2D eigenvalue weighted by atomic mass is 10.1. The van der Waals surface area contributed by atoms with Crippen LogP contribution in [0.25, 0.3) is 0 Å². The zero-order valence-corrected chi connectivity index (χ0v) is 9.87. The van der Waals surface area contributed by atoms with Gasteiger partial charge in [-0.15, -0.1) is 0 Å². The third kappa shape index (κ3) is 3.47. The highest BCUT2D eigenvalue weighted by Crippen LogP contribution is 2.25. The van der Waals surface area contributed by atoms with Gasteiger partial charge in [-0.1, -0.05) is 0 Å². The minimum Gasteiger partial charge on any atom is -0.488 e. The average molecular weight is 227 g/mol. The normalized spacial score (nSPS) is 14.6. The topological polar surface area (TPSA) is 44.5 Å². The lowest BCUT2D eigenvalue weighted by molar-refractivity contribution is 0.0911. The summed E-state index contributed by atoms with van der Waals surface area (Å²) in [5.74, 6) is 0.306. The molecule has 0 bridgehead atoms. The maximum atomic E-state index is 13.1. The predicted octanol–water partition coefficient (Wildman–Crippen LogP) is 2.26. The summed E-state index contributed by atoms with van der Waals surface area (Å²) in [7, 11) is 1.61. The van der Waals surface area contributed by atoms with E-state index in [2.05, 4.69) is 0 Å². The van der Waals surface area contributed by atoms with Gasteiger partial charge in [-0.3, -0.25) is 0 Å². The van der Waals surface area contributed by atoms with Crippen molar-refractivity contribution >= 4 is 0 Å². The molecule has 0 aliphatic rings. The van der Waals surface area contributed by atoms with Crippen LogP contribution in [0.4, 0.5) is 4.39 Å². The van der Waals surface area contributed by atoms with Crippen molar-refractivity contribution in [3.8, 4) is 5.75 Å². The van der Waals surface area contributed by atoms with Gasteiger partial charge in [0, 0.05) is 18.7 Å². The summed E-state index contributed by atoms with van der Waals surface area (Å²) in [6, 6.07) is 4.10. The molecular weight excluding hydrogens is 209 g/mol. The summed E-state index contributed by atoms with van der Waals surface area (Å²) >= 11 is 0. The zero-order chi connectivity index (χ0) is 12.1. The number of benzene rings is 1. The molecule has 0 aliphatic heterocycles. The molecule has 1 aromatic carbocycles. The Hall–Kier alpha value is -1.13. The number of hydrogen-bond donors (Lipinski definition) is 1. The summed E-state index contributed by atoms with van der Waals surface area (Å²) in [5.41, 5.74) is 6.42. The first kappa shape index (κ1) is 12.9. The minimum absolute atomic E-state index is 0.0899. The van der Waals surface area contributed by atoms with Gasteiger partial charge in [-0.05, 0) is 32.0 Å². The number of hydrogen-bond acceptors (Lipinski definition) is 3. The van der Waals surface area contributed by atoms with Gasteiger partial charge in [0.15, 0.2) is 0 Å². The van der Waals surface area contributed by atoms with E-state index < -0.39 is 0 Å². The van der Waals surface area contributed by atoms with Crippen LogP contribution in [0, 0.1) is 5.82 Å². The quantitative estimate of drug-likeness (QED) is 0.839. The van der Waals surface area contributed by atoms with E-state index in [1.165, 1.54) is 12.1 Å². The van der Waals surface area contributed by atoms with Gasteiger partial charge in [0.05, 0.1) is 6.61 Å². The van der Waals surface area contributed by atoms with Gasteiger partial charge in [0.2, 0.25) is 0 Å². The molecule has 0 heterocycles. The van der Waals surface area contributed by atoms with E-state index in [0.29, 0.717) is 17.9 Å². The highest BCUT2D eigenvalue weighted by atomic mass is 19.1. The van der Waals surface area contributed by atoms with Crippen molar-refractivity contribution in [2.75, 3.05) is 13.7 Å². The summed E-state index contributed by atoms with van der Waals surface area (Å²) in [6.07, 6.45) is -0.0899. The first-order chi connectivity index (χ1) is 7.54. The van der Waals surface area contributed by atoms with Crippen molar-refractivity contribution in [1.29, 1.82) is 0 Å². The molecule has 0 saturated carbocycles. The van der Waals surface area contributed by atoms with Crippen LogP contribution < -0.4 is 10.5 Å². The molecule has 0 amide bonds. The third-order valence-electron chi connectivity index (χ3n) is 2.19. The fourth-order valence-corrected chi connectivity index (χ4v) is 1.47. The van der Waals surface area contributed by atoms with Crippen LogP contribution in [-0.2, 0) is 4.74 Å². The second kappa shape index (κ2) is 5.82. The van der Waals surface area contributed by atoms with Crippen LogP contribution >= 0.6 is 0 Å². The van der Waals surface area contributed by atoms with Crippen molar-refractivity contribution in [3.63, 3.8) is 0 Å². The minimum atomic E-state index is -0.306. The Morgan fingerprint density at radius 1 is 1.38 bits per heavy atom. The Bertz CT molecular complexity index is 342. The van der Waals surface area contributed by atoms with Crippen LogP contribution in [-0.4, -0.2) is 19.8 Å². The monoisotopic (exact) mass is 227 g/mol. The molecule has 90 valence electrons. The van der Waals surface area contributed by atoms with Gasteiger partial charge in [-0.2, -0.15) is 0 Å². The maximum Gasteiger partial charge on any atom is 0.124 e. The van der Waals surface area contributed by atoms with E-state index in [1.54, 1.807) is 20.1 Å². The molecule has 0 aromatic heterocycles. The number of nitrogens with two attached hydrogens (primary N) is 1. The van der Waals surface area contributed by atoms with Gasteiger partial charge in [0.25, 0.3) is 0 Å². The fraction of sp³-hybridized carbons (Fsp3) is 0.500. The van der Waals surface area contributed by atoms with E-state index in [1.807, 2.05) is 6.92 Å². The van der Waals surface area contributed by atoms with E-state index in [-0.39, 0.29) is 18.0 Å². The van der Waals surface area contributed by atoms with Crippen molar-refractivity contribution in [3.05, 3.63) is 29.6 Å². The van der Waals surface area contributed by atoms with Crippen LogP contribution in [0.2, 0.25) is 0 Å². The predicted molar refractivity (Wildman–Crippen MR) is 61.0 cm³/mol. The Balaban J connectivity index is 2.86. The van der Waals surface area contributed by atoms with E-state index >= 15 is 0 Å². The number of ether oxygens (including phenoxy) is 2. The molecule has 3 nitrogen and oxygen atoms in total. The second-order valence-electron chi connectivity index (χ2n) is 3.85. The molecule has 0 spiro atoms. The highest BCUT2D eigenvalue weighted by Gasteiger charge is 2.12. The molecule has 1 aromatic rings. The van der Waals surface area contributed by atoms with Crippen LogP contribution in [0.15, 0.2) is 18.2 Å². The first-order valence-electron chi connectivity index (χ1n) is 5.25. The molecule has 1 rings (SSSR count). The van der Waals surface area contributed by atoms with Gasteiger partial charge in [0.1, 0.15) is 17.7 Å². The lowest BCUT2D eigenvalue weighted by Gasteiger charge is -2.18. The molecular formula is C12H18FNO2. The van der Waals surface area contributed by atoms with Crippen molar-refractivity contribution in [1.82, 2.24) is 0 Å². The second-order valence-corrected chi connectivity index (χ2v) is 3.85. The molecule has 2 atom stereocenters. The Morgan fingerprint density at radius 3 is 2.62 bits per heavy atom. The Labute approximate surface area is 95.4 Å². The SMILES string of the molecule is COCC(C)Oc1ccc(F)cc1[C@@H](C)N. The van der Waals surface area contributed by atoms with Crippen LogP contribution in [0.5, 0.6) is 5.75 Å². The molecule has 2 N–H and O–H groups in total. The standard InChI is InChI=1S/C12H18FNO2/c1-8(7-15-3)16-12-5-4-10(13)6-11(12)9(2)14/h4-6,8-9H,7,14H2,1-3H3/t8?,9-/m1/s1. The number of methoxy groups -OCH3 is 1. The van der Waals surface area contributed by atoms with Crippen molar-refractivity contribution in [2.24, 2.45) is 5.73 Å². The molecule has 0 radical (unpaired) electrons. The Kier molecular flexibility index (Phi) is 4.71.